The van der Waals surface area contributed by atoms with Crippen LogP contribution < -0.4 is 10.2 Å². The number of hydrogen-bond donors (Lipinski definition) is 0. The van der Waals surface area contributed by atoms with Crippen LogP contribution in [0, 0.1) is 5.41 Å². The van der Waals surface area contributed by atoms with Crippen LogP contribution in [0.15, 0.2) is 55.3 Å². The monoisotopic (exact) mass is 527 g/mol. The van der Waals surface area contributed by atoms with Crippen LogP contribution in [0.5, 0.6) is 11.5 Å². The average Bonchev–Trinajstić information content (AvgIpc) is 2.54. The number of halogens is 2. The molecule has 2 rings (SSSR count). The Morgan fingerprint density at radius 2 is 1.23 bits per heavy atom. The van der Waals surface area contributed by atoms with Gasteiger partial charge in [-0.05, 0) is 35.4 Å². The molecule has 0 heterocycles. The summed E-state index contributed by atoms with van der Waals surface area (Å²) in [6.07, 6.45) is 3.20. The van der Waals surface area contributed by atoms with E-state index in [1.54, 1.807) is 36.7 Å². The first kappa shape index (κ1) is 22.9. The smallest absolute Gasteiger partial charge is 0.872 e. The molecule has 0 saturated carbocycles. The van der Waals surface area contributed by atoms with E-state index in [9.17, 15) is 10.2 Å². The van der Waals surface area contributed by atoms with Crippen LogP contribution in [0.4, 0.5) is 0 Å². The van der Waals surface area contributed by atoms with Crippen molar-refractivity contribution in [1.29, 1.82) is 0 Å². The fraction of sp³-hybridized carbons (Fsp3) is 0.263. The van der Waals surface area contributed by atoms with Gasteiger partial charge in [0, 0.05) is 39.9 Å². The summed E-state index contributed by atoms with van der Waals surface area (Å²) in [5, 5.41) is 23.5. The Balaban J connectivity index is 0.00000338. The summed E-state index contributed by atoms with van der Waals surface area (Å²) in [7, 11) is 0. The summed E-state index contributed by atoms with van der Waals surface area (Å²) in [4.78, 5) is 8.77. The van der Waals surface area contributed by atoms with Crippen molar-refractivity contribution in [2.75, 3.05) is 13.1 Å². The standard InChI is InChI=1S/C19H20Br2N2O2.Cu/c1-19(2,11-22-9-13-7-15(20)3-5-17(13)24)12-23-10-14-8-16(21)4-6-18(14)25;/h3-10,24-25H,11-12H2,1-2H3;/q;+2/p-2. The minimum Gasteiger partial charge on any atom is -0.872 e. The van der Waals surface area contributed by atoms with E-state index >= 15 is 0 Å². The summed E-state index contributed by atoms with van der Waals surface area (Å²) < 4.78 is 1.69. The molecule has 0 aliphatic carbocycles. The Hall–Kier alpha value is -1.14. The molecule has 0 aromatic heterocycles. The minimum atomic E-state index is -0.183. The van der Waals surface area contributed by atoms with Crippen molar-refractivity contribution in [3.63, 3.8) is 0 Å². The molecule has 1 radical (unpaired) electrons. The molecule has 2 aromatic carbocycles. The molecule has 0 fully saturated rings. The SMILES string of the molecule is CC(C)(CN=Cc1cc(Br)ccc1[O-])CN=Cc1cc(Br)ccc1[O-].[Cu+2]. The van der Waals surface area contributed by atoms with Crippen molar-refractivity contribution in [3.05, 3.63) is 56.5 Å². The van der Waals surface area contributed by atoms with Crippen LogP contribution >= 0.6 is 31.9 Å². The van der Waals surface area contributed by atoms with E-state index in [2.05, 4.69) is 41.8 Å². The third kappa shape index (κ3) is 7.23. The van der Waals surface area contributed by atoms with Gasteiger partial charge in [0.25, 0.3) is 0 Å². The van der Waals surface area contributed by atoms with Crippen LogP contribution in [0.2, 0.25) is 0 Å². The van der Waals surface area contributed by atoms with E-state index in [-0.39, 0.29) is 34.0 Å². The zero-order chi connectivity index (χ0) is 18.4. The number of aliphatic imine (C=N–C) groups is 2. The first-order valence-corrected chi connectivity index (χ1v) is 9.28. The van der Waals surface area contributed by atoms with Crippen LogP contribution in [-0.2, 0) is 17.1 Å². The minimum absolute atomic E-state index is 0. The molecule has 0 bridgehead atoms. The fourth-order valence-corrected chi connectivity index (χ4v) is 2.83. The van der Waals surface area contributed by atoms with Crippen LogP contribution in [0.1, 0.15) is 25.0 Å². The van der Waals surface area contributed by atoms with E-state index in [1.807, 2.05) is 13.8 Å². The number of benzene rings is 2. The number of nitrogens with zero attached hydrogens (tertiary/aromatic N) is 2. The third-order valence-electron chi connectivity index (χ3n) is 3.44. The summed E-state index contributed by atoms with van der Waals surface area (Å²) in [6.45, 7) is 5.14. The third-order valence-corrected chi connectivity index (χ3v) is 4.43. The Labute approximate surface area is 181 Å². The Morgan fingerprint density at radius 3 is 1.62 bits per heavy atom. The second-order valence-corrected chi connectivity index (χ2v) is 8.30. The van der Waals surface area contributed by atoms with Crippen molar-refractivity contribution >= 4 is 44.3 Å². The van der Waals surface area contributed by atoms with Gasteiger partial charge in [0.1, 0.15) is 0 Å². The summed E-state index contributed by atoms with van der Waals surface area (Å²) in [5.74, 6) is -0.110. The van der Waals surface area contributed by atoms with Crippen molar-refractivity contribution in [3.8, 4) is 11.5 Å². The Bertz CT molecular complexity index is 743. The topological polar surface area (TPSA) is 70.8 Å². The van der Waals surface area contributed by atoms with E-state index in [0.717, 1.165) is 8.95 Å². The van der Waals surface area contributed by atoms with Gasteiger partial charge >= 0.3 is 17.1 Å². The van der Waals surface area contributed by atoms with Crippen LogP contribution in [0.25, 0.3) is 0 Å². The largest absolute Gasteiger partial charge is 2.00 e. The zero-order valence-corrected chi connectivity index (χ0v) is 18.4. The van der Waals surface area contributed by atoms with Gasteiger partial charge < -0.3 is 10.2 Å². The van der Waals surface area contributed by atoms with E-state index in [0.29, 0.717) is 24.2 Å². The molecule has 7 heteroatoms. The first-order chi connectivity index (χ1) is 11.8. The van der Waals surface area contributed by atoms with Gasteiger partial charge in [0.15, 0.2) is 0 Å². The summed E-state index contributed by atoms with van der Waals surface area (Å²) in [5.41, 5.74) is 0.925. The zero-order valence-electron chi connectivity index (χ0n) is 14.3. The molecule has 4 nitrogen and oxygen atoms in total. The van der Waals surface area contributed by atoms with Crippen LogP contribution in [-0.4, -0.2) is 25.5 Å². The summed E-state index contributed by atoms with van der Waals surface area (Å²) in [6, 6.07) is 9.95. The first-order valence-electron chi connectivity index (χ1n) is 7.70. The maximum Gasteiger partial charge on any atom is 2.00 e. The quantitative estimate of drug-likeness (QED) is 0.420. The molecule has 0 atom stereocenters. The fourth-order valence-electron chi connectivity index (χ4n) is 2.07. The van der Waals surface area contributed by atoms with Crippen molar-refractivity contribution < 1.29 is 27.3 Å². The van der Waals surface area contributed by atoms with Crippen molar-refractivity contribution in [2.45, 2.75) is 13.8 Å². The Morgan fingerprint density at radius 1 is 0.846 bits per heavy atom. The van der Waals surface area contributed by atoms with Gasteiger partial charge in [-0.1, -0.05) is 69.3 Å². The molecule has 0 aliphatic heterocycles. The maximum absolute atomic E-state index is 11.7. The molecule has 2 aromatic rings. The van der Waals surface area contributed by atoms with Crippen molar-refractivity contribution in [2.24, 2.45) is 15.4 Å². The molecular formula is C19H18Br2CuN2O2. The van der Waals surface area contributed by atoms with E-state index in [4.69, 9.17) is 0 Å². The molecule has 141 valence electrons. The second-order valence-electron chi connectivity index (χ2n) is 6.47. The summed E-state index contributed by atoms with van der Waals surface area (Å²) >= 11 is 6.69. The molecular weight excluding hydrogens is 512 g/mol. The molecule has 0 unspecified atom stereocenters. The van der Waals surface area contributed by atoms with Gasteiger partial charge in [0.05, 0.1) is 0 Å². The molecule has 0 N–H and O–H groups in total. The predicted octanol–water partition coefficient (Wildman–Crippen LogP) is 3.92. The average molecular weight is 530 g/mol. The van der Waals surface area contributed by atoms with Crippen LogP contribution in [0.3, 0.4) is 0 Å². The van der Waals surface area contributed by atoms with Gasteiger partial charge in [-0.25, -0.2) is 0 Å². The number of hydrogen-bond acceptors (Lipinski definition) is 4. The van der Waals surface area contributed by atoms with Gasteiger partial charge in [0.2, 0.25) is 0 Å². The molecule has 0 spiro atoms. The van der Waals surface area contributed by atoms with Crippen molar-refractivity contribution in [1.82, 2.24) is 0 Å². The maximum atomic E-state index is 11.7. The molecule has 0 amide bonds. The molecule has 0 saturated heterocycles. The van der Waals surface area contributed by atoms with Gasteiger partial charge in [-0.3, -0.25) is 9.98 Å². The normalized spacial score (nSPS) is 11.8. The molecule has 0 aliphatic rings. The van der Waals surface area contributed by atoms with Gasteiger partial charge in [-0.15, -0.1) is 0 Å². The van der Waals surface area contributed by atoms with Gasteiger partial charge in [-0.2, -0.15) is 0 Å². The number of rotatable bonds is 6. The Kier molecular flexibility index (Phi) is 9.04. The molecule has 26 heavy (non-hydrogen) atoms. The van der Waals surface area contributed by atoms with E-state index < -0.39 is 0 Å². The van der Waals surface area contributed by atoms with E-state index in [1.165, 1.54) is 12.1 Å². The predicted molar refractivity (Wildman–Crippen MR) is 106 cm³/mol. The second kappa shape index (κ2) is 10.3.